The molecule has 0 aliphatic heterocycles. The van der Waals surface area contributed by atoms with E-state index in [-0.39, 0.29) is 16.6 Å². The van der Waals surface area contributed by atoms with Crippen LogP contribution in [-0.4, -0.2) is 10.1 Å². The number of carbonyl (C=O) groups is 1. The van der Waals surface area contributed by atoms with E-state index in [4.69, 9.17) is 0 Å². The summed E-state index contributed by atoms with van der Waals surface area (Å²) in [4.78, 5) is 13.2. The van der Waals surface area contributed by atoms with Crippen LogP contribution in [0.3, 0.4) is 0 Å². The van der Waals surface area contributed by atoms with Gasteiger partial charge in [-0.15, -0.1) is 0 Å². The molecule has 0 bridgehead atoms. The van der Waals surface area contributed by atoms with Crippen LogP contribution < -0.4 is 0 Å². The second-order valence-electron chi connectivity index (χ2n) is 8.06. The lowest BCUT2D eigenvalue weighted by Crippen LogP contribution is -2.47. The Morgan fingerprint density at radius 1 is 0.955 bits per heavy atom. The Balaban J connectivity index is 2.68. The molecule has 0 saturated carbocycles. The molecule has 0 saturated heterocycles. The summed E-state index contributed by atoms with van der Waals surface area (Å²) in [6.45, 7) is 12.6. The van der Waals surface area contributed by atoms with E-state index in [0.717, 1.165) is 16.7 Å². The fraction of sp³-hybridized carbons (Fsp3) is 0.450. The topological polar surface area (TPSA) is 17.1 Å². The SMILES string of the molecule is CC(C)(C)C1=CC(c2ccccc2)=CC(Br)(C(C)(C)C)C1=O. The van der Waals surface area contributed by atoms with Gasteiger partial charge in [-0.2, -0.15) is 0 Å². The van der Waals surface area contributed by atoms with Gasteiger partial charge in [0.1, 0.15) is 4.32 Å². The van der Waals surface area contributed by atoms with Gasteiger partial charge in [0.15, 0.2) is 5.78 Å². The Morgan fingerprint density at radius 3 is 1.95 bits per heavy atom. The number of allylic oxidation sites excluding steroid dienone is 4. The molecule has 118 valence electrons. The highest BCUT2D eigenvalue weighted by atomic mass is 79.9. The van der Waals surface area contributed by atoms with E-state index in [1.54, 1.807) is 0 Å². The first kappa shape index (κ1) is 17.2. The van der Waals surface area contributed by atoms with Gasteiger partial charge < -0.3 is 0 Å². The highest BCUT2D eigenvalue weighted by molar-refractivity contribution is 9.10. The lowest BCUT2D eigenvalue weighted by Gasteiger charge is -2.42. The number of ketones is 1. The zero-order chi connectivity index (χ0) is 16.8. The Kier molecular flexibility index (Phi) is 4.29. The molecular weight excluding hydrogens is 336 g/mol. The van der Waals surface area contributed by atoms with Gasteiger partial charge in [0, 0.05) is 5.57 Å². The second kappa shape index (κ2) is 5.49. The number of rotatable bonds is 1. The lowest BCUT2D eigenvalue weighted by molar-refractivity contribution is -0.119. The van der Waals surface area contributed by atoms with Crippen LogP contribution >= 0.6 is 15.9 Å². The predicted octanol–water partition coefficient (Wildman–Crippen LogP) is 5.81. The maximum Gasteiger partial charge on any atom is 0.180 e. The van der Waals surface area contributed by atoms with Gasteiger partial charge in [-0.05, 0) is 28.0 Å². The summed E-state index contributed by atoms with van der Waals surface area (Å²) >= 11 is 3.79. The minimum Gasteiger partial charge on any atom is -0.293 e. The molecule has 22 heavy (non-hydrogen) atoms. The number of halogens is 1. The average Bonchev–Trinajstić information content (AvgIpc) is 2.40. The van der Waals surface area contributed by atoms with E-state index < -0.39 is 4.32 Å². The molecule has 2 rings (SSSR count). The van der Waals surface area contributed by atoms with Gasteiger partial charge in [0.05, 0.1) is 0 Å². The molecule has 1 aromatic rings. The van der Waals surface area contributed by atoms with Crippen LogP contribution in [0.4, 0.5) is 0 Å². The molecular formula is C20H25BrO. The summed E-state index contributed by atoms with van der Waals surface area (Å²) < 4.78 is -0.678. The van der Waals surface area contributed by atoms with Crippen LogP contribution in [0.25, 0.3) is 5.57 Å². The van der Waals surface area contributed by atoms with Crippen molar-refractivity contribution in [3.63, 3.8) is 0 Å². The van der Waals surface area contributed by atoms with E-state index in [1.807, 2.05) is 18.2 Å². The Morgan fingerprint density at radius 2 is 1.50 bits per heavy atom. The summed E-state index contributed by atoms with van der Waals surface area (Å²) in [7, 11) is 0. The number of alkyl halides is 1. The molecule has 1 aliphatic carbocycles. The number of Topliss-reactive ketones (excluding diaryl/α,β-unsaturated/α-hetero) is 1. The Bertz CT molecular complexity index is 639. The van der Waals surface area contributed by atoms with Crippen molar-refractivity contribution < 1.29 is 4.79 Å². The van der Waals surface area contributed by atoms with Crippen LogP contribution in [0, 0.1) is 10.8 Å². The third-order valence-electron chi connectivity index (χ3n) is 4.24. The molecule has 1 aliphatic rings. The van der Waals surface area contributed by atoms with Gasteiger partial charge in [-0.1, -0.05) is 93.9 Å². The fourth-order valence-electron chi connectivity index (χ4n) is 2.65. The van der Waals surface area contributed by atoms with Crippen LogP contribution in [0.1, 0.15) is 47.1 Å². The first-order valence-electron chi connectivity index (χ1n) is 7.71. The molecule has 1 unspecified atom stereocenters. The van der Waals surface area contributed by atoms with Crippen LogP contribution in [-0.2, 0) is 4.79 Å². The zero-order valence-corrected chi connectivity index (χ0v) is 15.9. The van der Waals surface area contributed by atoms with Crippen molar-refractivity contribution in [2.45, 2.75) is 45.9 Å². The third-order valence-corrected chi connectivity index (χ3v) is 6.01. The van der Waals surface area contributed by atoms with Crippen molar-refractivity contribution in [3.8, 4) is 0 Å². The minimum absolute atomic E-state index is 0.173. The molecule has 1 aromatic carbocycles. The smallest absolute Gasteiger partial charge is 0.180 e. The van der Waals surface area contributed by atoms with E-state index >= 15 is 0 Å². The van der Waals surface area contributed by atoms with Crippen LogP contribution in [0.15, 0.2) is 48.1 Å². The van der Waals surface area contributed by atoms with Crippen molar-refractivity contribution in [3.05, 3.63) is 53.6 Å². The van der Waals surface area contributed by atoms with Crippen molar-refractivity contribution in [1.29, 1.82) is 0 Å². The number of carbonyl (C=O) groups excluding carboxylic acids is 1. The van der Waals surface area contributed by atoms with Crippen molar-refractivity contribution in [2.24, 2.45) is 10.8 Å². The molecule has 0 spiro atoms. The molecule has 2 heteroatoms. The van der Waals surface area contributed by atoms with Gasteiger partial charge in [-0.25, -0.2) is 0 Å². The van der Waals surface area contributed by atoms with Gasteiger partial charge >= 0.3 is 0 Å². The normalized spacial score (nSPS) is 23.1. The quantitative estimate of drug-likeness (QED) is 0.577. The molecule has 0 N–H and O–H groups in total. The minimum atomic E-state index is -0.678. The summed E-state index contributed by atoms with van der Waals surface area (Å²) in [6, 6.07) is 10.3. The van der Waals surface area contributed by atoms with Crippen LogP contribution in [0.5, 0.6) is 0 Å². The van der Waals surface area contributed by atoms with E-state index in [2.05, 4.69) is 81.8 Å². The van der Waals surface area contributed by atoms with E-state index in [0.29, 0.717) is 0 Å². The molecule has 0 radical (unpaired) electrons. The van der Waals surface area contributed by atoms with E-state index in [1.165, 1.54) is 0 Å². The van der Waals surface area contributed by atoms with Crippen LogP contribution in [0.2, 0.25) is 0 Å². The molecule has 0 aromatic heterocycles. The monoisotopic (exact) mass is 360 g/mol. The Hall–Kier alpha value is -1.15. The first-order valence-corrected chi connectivity index (χ1v) is 8.50. The van der Waals surface area contributed by atoms with Crippen molar-refractivity contribution in [1.82, 2.24) is 0 Å². The fourth-order valence-corrected chi connectivity index (χ4v) is 3.11. The largest absolute Gasteiger partial charge is 0.293 e. The highest BCUT2D eigenvalue weighted by Gasteiger charge is 2.49. The van der Waals surface area contributed by atoms with Crippen molar-refractivity contribution >= 4 is 27.3 Å². The molecule has 1 nitrogen and oxygen atoms in total. The second-order valence-corrected chi connectivity index (χ2v) is 9.32. The molecule has 0 heterocycles. The third kappa shape index (κ3) is 2.99. The standard InChI is InChI=1S/C20H25BrO/c1-18(2,3)16-12-15(14-10-8-7-9-11-14)13-20(21,17(16)22)19(4,5)6/h7-13H,1-6H3. The lowest BCUT2D eigenvalue weighted by atomic mass is 9.67. The van der Waals surface area contributed by atoms with Gasteiger partial charge in [0.2, 0.25) is 0 Å². The highest BCUT2D eigenvalue weighted by Crippen LogP contribution is 2.49. The summed E-state index contributed by atoms with van der Waals surface area (Å²) in [5, 5.41) is 0. The van der Waals surface area contributed by atoms with E-state index in [9.17, 15) is 4.79 Å². The molecule has 0 fully saturated rings. The van der Waals surface area contributed by atoms with Gasteiger partial charge in [0.25, 0.3) is 0 Å². The summed E-state index contributed by atoms with van der Waals surface area (Å²) in [5.41, 5.74) is 2.73. The maximum atomic E-state index is 13.2. The first-order chi connectivity index (χ1) is 9.97. The Labute approximate surface area is 142 Å². The number of benzene rings is 1. The average molecular weight is 361 g/mol. The number of hydrogen-bond acceptors (Lipinski definition) is 1. The summed E-state index contributed by atoms with van der Waals surface area (Å²) in [6.07, 6.45) is 4.14. The number of hydrogen-bond donors (Lipinski definition) is 0. The zero-order valence-electron chi connectivity index (χ0n) is 14.3. The molecule has 1 atom stereocenters. The molecule has 0 amide bonds. The van der Waals surface area contributed by atoms with Crippen molar-refractivity contribution in [2.75, 3.05) is 0 Å². The maximum absolute atomic E-state index is 13.2. The predicted molar refractivity (Wildman–Crippen MR) is 98.1 cm³/mol. The van der Waals surface area contributed by atoms with Gasteiger partial charge in [-0.3, -0.25) is 4.79 Å². The summed E-state index contributed by atoms with van der Waals surface area (Å²) in [5.74, 6) is 0.173.